The van der Waals surface area contributed by atoms with Crippen LogP contribution >= 0.6 is 0 Å². The molecule has 0 bridgehead atoms. The number of aromatic nitrogens is 1. The second-order valence-electron chi connectivity index (χ2n) is 4.59. The summed E-state index contributed by atoms with van der Waals surface area (Å²) >= 11 is 0. The highest BCUT2D eigenvalue weighted by molar-refractivity contribution is 5.75. The van der Waals surface area contributed by atoms with Gasteiger partial charge in [-0.1, -0.05) is 12.1 Å². The molecule has 0 spiro atoms. The number of hydrogen-bond donors (Lipinski definition) is 1. The molecule has 1 aliphatic rings. The Morgan fingerprint density at radius 2 is 2.28 bits per heavy atom. The zero-order valence-electron chi connectivity index (χ0n) is 9.87. The smallest absolute Gasteiger partial charge is 0.308 e. The molecule has 5 heteroatoms. The third-order valence-electron chi connectivity index (χ3n) is 3.32. The second-order valence-corrected chi connectivity index (χ2v) is 4.59. The summed E-state index contributed by atoms with van der Waals surface area (Å²) in [5.74, 6) is -1.07. The third kappa shape index (κ3) is 1.92. The molecule has 0 radical (unpaired) electrons. The van der Waals surface area contributed by atoms with Crippen LogP contribution in [-0.2, 0) is 4.79 Å². The van der Waals surface area contributed by atoms with Crippen LogP contribution < -0.4 is 4.90 Å². The van der Waals surface area contributed by atoms with Crippen molar-refractivity contribution in [3.05, 3.63) is 24.3 Å². The summed E-state index contributed by atoms with van der Waals surface area (Å²) in [7, 11) is 0. The average Bonchev–Trinajstić information content (AvgIpc) is 2.82. The maximum absolute atomic E-state index is 11.0. The molecule has 0 aliphatic carbocycles. The summed E-state index contributed by atoms with van der Waals surface area (Å²) < 4.78 is 5.66. The van der Waals surface area contributed by atoms with Crippen LogP contribution in [0.3, 0.4) is 0 Å². The average molecular weight is 246 g/mol. The monoisotopic (exact) mass is 246 g/mol. The molecule has 1 aliphatic heterocycles. The van der Waals surface area contributed by atoms with Gasteiger partial charge in [0.1, 0.15) is 5.52 Å². The standard InChI is InChI=1S/C13H14N2O3/c16-12(17)9-4-3-7-15(8-9)13-14-10-5-1-2-6-11(10)18-13/h1-2,5-6,9H,3-4,7-8H2,(H,16,17). The van der Waals surface area contributed by atoms with Crippen molar-refractivity contribution in [2.45, 2.75) is 12.8 Å². The van der Waals surface area contributed by atoms with E-state index in [1.807, 2.05) is 29.2 Å². The molecule has 5 nitrogen and oxygen atoms in total. The number of carboxylic acid groups (broad SMARTS) is 1. The SMILES string of the molecule is O=C(O)C1CCCN(c2nc3ccccc3o2)C1. The molecule has 1 aromatic carbocycles. The van der Waals surface area contributed by atoms with Crippen molar-refractivity contribution in [3.8, 4) is 0 Å². The predicted molar refractivity (Wildman–Crippen MR) is 66.6 cm³/mol. The number of oxazole rings is 1. The molecule has 0 saturated carbocycles. The van der Waals surface area contributed by atoms with Crippen LogP contribution in [0.1, 0.15) is 12.8 Å². The highest BCUT2D eigenvalue weighted by atomic mass is 16.4. The molecule has 1 atom stereocenters. The van der Waals surface area contributed by atoms with Crippen molar-refractivity contribution in [1.82, 2.24) is 4.98 Å². The van der Waals surface area contributed by atoms with Gasteiger partial charge >= 0.3 is 5.97 Å². The van der Waals surface area contributed by atoms with E-state index < -0.39 is 5.97 Å². The first-order valence-electron chi connectivity index (χ1n) is 6.07. The summed E-state index contributed by atoms with van der Waals surface area (Å²) in [6, 6.07) is 8.09. The molecule has 94 valence electrons. The van der Waals surface area contributed by atoms with Crippen LogP contribution in [0.4, 0.5) is 6.01 Å². The summed E-state index contributed by atoms with van der Waals surface area (Å²) in [5, 5.41) is 9.07. The van der Waals surface area contributed by atoms with Gasteiger partial charge in [0.25, 0.3) is 6.01 Å². The van der Waals surface area contributed by atoms with Gasteiger partial charge in [-0.3, -0.25) is 4.79 Å². The molecule has 2 aromatic rings. The molecular weight excluding hydrogens is 232 g/mol. The molecule has 3 rings (SSSR count). The Morgan fingerprint density at radius 1 is 1.44 bits per heavy atom. The van der Waals surface area contributed by atoms with Crippen molar-refractivity contribution in [1.29, 1.82) is 0 Å². The normalized spacial score (nSPS) is 20.2. The zero-order valence-corrected chi connectivity index (χ0v) is 9.87. The summed E-state index contributed by atoms with van der Waals surface area (Å²) in [5.41, 5.74) is 1.55. The van der Waals surface area contributed by atoms with Crippen LogP contribution in [0, 0.1) is 5.92 Å². The van der Waals surface area contributed by atoms with Crippen LogP contribution in [0.15, 0.2) is 28.7 Å². The number of carboxylic acids is 1. The van der Waals surface area contributed by atoms with Crippen molar-refractivity contribution < 1.29 is 14.3 Å². The maximum Gasteiger partial charge on any atom is 0.308 e. The Labute approximate surface area is 104 Å². The highest BCUT2D eigenvalue weighted by Gasteiger charge is 2.27. The minimum absolute atomic E-state index is 0.325. The lowest BCUT2D eigenvalue weighted by atomic mass is 9.99. The maximum atomic E-state index is 11.0. The lowest BCUT2D eigenvalue weighted by molar-refractivity contribution is -0.141. The molecule has 1 saturated heterocycles. The largest absolute Gasteiger partial charge is 0.481 e. The lowest BCUT2D eigenvalue weighted by Gasteiger charge is -2.29. The quantitative estimate of drug-likeness (QED) is 0.879. The van der Waals surface area contributed by atoms with Gasteiger partial charge in [-0.2, -0.15) is 4.98 Å². The number of hydrogen-bond acceptors (Lipinski definition) is 4. The van der Waals surface area contributed by atoms with Crippen LogP contribution in [0.25, 0.3) is 11.1 Å². The number of para-hydroxylation sites is 2. The van der Waals surface area contributed by atoms with Gasteiger partial charge in [0, 0.05) is 13.1 Å². The van der Waals surface area contributed by atoms with Crippen molar-refractivity contribution in [2.24, 2.45) is 5.92 Å². The van der Waals surface area contributed by atoms with Gasteiger partial charge in [-0.25, -0.2) is 0 Å². The van der Waals surface area contributed by atoms with Gasteiger partial charge in [0.15, 0.2) is 5.58 Å². The zero-order chi connectivity index (χ0) is 12.5. The predicted octanol–water partition coefficient (Wildman–Crippen LogP) is 2.13. The van der Waals surface area contributed by atoms with E-state index in [2.05, 4.69) is 4.98 Å². The molecular formula is C13H14N2O3. The summed E-state index contributed by atoms with van der Waals surface area (Å²) in [6.45, 7) is 1.28. The number of piperidine rings is 1. The van der Waals surface area contributed by atoms with Gasteiger partial charge in [-0.05, 0) is 25.0 Å². The Kier molecular flexibility index (Phi) is 2.66. The molecule has 0 amide bonds. The van der Waals surface area contributed by atoms with E-state index in [9.17, 15) is 4.79 Å². The number of anilines is 1. The number of fused-ring (bicyclic) bond motifs is 1. The van der Waals surface area contributed by atoms with Crippen LogP contribution in [0.5, 0.6) is 0 Å². The Bertz CT molecular complexity index is 545. The van der Waals surface area contributed by atoms with E-state index in [1.165, 1.54) is 0 Å². The first kappa shape index (κ1) is 11.1. The molecule has 1 N–H and O–H groups in total. The van der Waals surface area contributed by atoms with Crippen LogP contribution in [-0.4, -0.2) is 29.1 Å². The molecule has 1 unspecified atom stereocenters. The highest BCUT2D eigenvalue weighted by Crippen LogP contribution is 2.26. The topological polar surface area (TPSA) is 66.6 Å². The fourth-order valence-corrected chi connectivity index (χ4v) is 2.35. The minimum atomic E-state index is -0.740. The van der Waals surface area contributed by atoms with Gasteiger partial charge in [0.2, 0.25) is 0 Å². The Morgan fingerprint density at radius 3 is 3.06 bits per heavy atom. The van der Waals surface area contributed by atoms with Gasteiger partial charge < -0.3 is 14.4 Å². The van der Waals surface area contributed by atoms with Gasteiger partial charge in [0.05, 0.1) is 5.92 Å². The molecule has 2 heterocycles. The van der Waals surface area contributed by atoms with Crippen molar-refractivity contribution in [3.63, 3.8) is 0 Å². The van der Waals surface area contributed by atoms with E-state index in [4.69, 9.17) is 9.52 Å². The summed E-state index contributed by atoms with van der Waals surface area (Å²) in [6.07, 6.45) is 1.59. The number of benzene rings is 1. The van der Waals surface area contributed by atoms with E-state index in [1.54, 1.807) is 0 Å². The number of aliphatic carboxylic acids is 1. The molecule has 1 fully saturated rings. The Hall–Kier alpha value is -2.04. The van der Waals surface area contributed by atoms with Crippen molar-refractivity contribution in [2.75, 3.05) is 18.0 Å². The number of rotatable bonds is 2. The lowest BCUT2D eigenvalue weighted by Crippen LogP contribution is -2.38. The minimum Gasteiger partial charge on any atom is -0.481 e. The van der Waals surface area contributed by atoms with E-state index in [0.717, 1.165) is 30.5 Å². The van der Waals surface area contributed by atoms with Crippen molar-refractivity contribution >= 4 is 23.1 Å². The first-order chi connectivity index (χ1) is 8.74. The van der Waals surface area contributed by atoms with Crippen LogP contribution in [0.2, 0.25) is 0 Å². The number of nitrogens with zero attached hydrogens (tertiary/aromatic N) is 2. The molecule has 18 heavy (non-hydrogen) atoms. The third-order valence-corrected chi connectivity index (χ3v) is 3.32. The Balaban J connectivity index is 1.87. The van der Waals surface area contributed by atoms with Gasteiger partial charge in [-0.15, -0.1) is 0 Å². The first-order valence-corrected chi connectivity index (χ1v) is 6.07. The molecule has 1 aromatic heterocycles. The fourth-order valence-electron chi connectivity index (χ4n) is 2.35. The van der Waals surface area contributed by atoms with E-state index in [-0.39, 0.29) is 5.92 Å². The fraction of sp³-hybridized carbons (Fsp3) is 0.385. The van der Waals surface area contributed by atoms with E-state index in [0.29, 0.717) is 12.6 Å². The summed E-state index contributed by atoms with van der Waals surface area (Å²) in [4.78, 5) is 17.3. The number of carbonyl (C=O) groups is 1. The van der Waals surface area contributed by atoms with E-state index >= 15 is 0 Å². The second kappa shape index (κ2) is 4.33.